The van der Waals surface area contributed by atoms with Gasteiger partial charge in [0.15, 0.2) is 0 Å². The van der Waals surface area contributed by atoms with Crippen LogP contribution in [0.4, 0.5) is 4.79 Å². The molecule has 2 aliphatic rings. The Morgan fingerprint density at radius 3 is 2.52 bits per heavy atom. The first-order valence-corrected chi connectivity index (χ1v) is 7.77. The summed E-state index contributed by atoms with van der Waals surface area (Å²) in [5.74, 6) is 0.488. The first-order chi connectivity index (χ1) is 10.2. The summed E-state index contributed by atoms with van der Waals surface area (Å²) in [6.45, 7) is 2.22. The molecule has 0 bridgehead atoms. The summed E-state index contributed by atoms with van der Waals surface area (Å²) in [6.07, 6.45) is 4.13. The maximum absolute atomic E-state index is 12.1. The van der Waals surface area contributed by atoms with Gasteiger partial charge in [0.25, 0.3) is 0 Å². The van der Waals surface area contributed by atoms with Gasteiger partial charge in [-0.25, -0.2) is 4.79 Å². The molecular weight excluding hydrogens is 266 g/mol. The van der Waals surface area contributed by atoms with Gasteiger partial charge in [0.2, 0.25) is 0 Å². The average Bonchev–Trinajstić information content (AvgIpc) is 2.51. The van der Waals surface area contributed by atoms with Gasteiger partial charge in [0, 0.05) is 19.7 Å². The van der Waals surface area contributed by atoms with E-state index in [1.54, 1.807) is 0 Å². The highest BCUT2D eigenvalue weighted by Crippen LogP contribution is 2.52. The van der Waals surface area contributed by atoms with E-state index in [1.165, 1.54) is 0 Å². The number of hydrogen-bond donors (Lipinski definition) is 1. The lowest BCUT2D eigenvalue weighted by Crippen LogP contribution is -2.49. The summed E-state index contributed by atoms with van der Waals surface area (Å²) in [5.41, 5.74) is 1.41. The van der Waals surface area contributed by atoms with Crippen LogP contribution in [0.15, 0.2) is 30.3 Å². The topological polar surface area (TPSA) is 49.8 Å². The monoisotopic (exact) mass is 289 g/mol. The van der Waals surface area contributed by atoms with E-state index >= 15 is 0 Å². The van der Waals surface area contributed by atoms with Crippen molar-refractivity contribution < 1.29 is 14.6 Å². The lowest BCUT2D eigenvalue weighted by molar-refractivity contribution is -0.0330. The van der Waals surface area contributed by atoms with E-state index in [1.807, 2.05) is 35.2 Å². The second-order valence-corrected chi connectivity index (χ2v) is 6.48. The predicted molar refractivity (Wildman–Crippen MR) is 79.7 cm³/mol. The van der Waals surface area contributed by atoms with Gasteiger partial charge in [-0.15, -0.1) is 0 Å². The molecule has 1 saturated heterocycles. The second kappa shape index (κ2) is 6.06. The molecule has 1 aromatic rings. The molecule has 1 heterocycles. The van der Waals surface area contributed by atoms with Crippen LogP contribution in [0.1, 0.15) is 31.2 Å². The van der Waals surface area contributed by atoms with E-state index in [9.17, 15) is 4.79 Å². The minimum absolute atomic E-state index is 0.202. The molecule has 1 aliphatic carbocycles. The molecule has 1 aromatic carbocycles. The molecule has 0 radical (unpaired) electrons. The maximum Gasteiger partial charge on any atom is 0.410 e. The summed E-state index contributed by atoms with van der Waals surface area (Å²) in [5, 5.41) is 9.13. The van der Waals surface area contributed by atoms with E-state index < -0.39 is 0 Å². The van der Waals surface area contributed by atoms with Gasteiger partial charge in [-0.3, -0.25) is 0 Å². The summed E-state index contributed by atoms with van der Waals surface area (Å²) in [6, 6.07) is 9.77. The van der Waals surface area contributed by atoms with Crippen LogP contribution in [0, 0.1) is 11.3 Å². The Kier molecular flexibility index (Phi) is 4.15. The van der Waals surface area contributed by atoms with Crippen molar-refractivity contribution in [2.45, 2.75) is 32.3 Å². The number of amides is 1. The molecule has 1 spiro atoms. The number of piperidine rings is 1. The lowest BCUT2D eigenvalue weighted by Gasteiger charge is -2.51. The van der Waals surface area contributed by atoms with Gasteiger partial charge >= 0.3 is 6.09 Å². The number of likely N-dealkylation sites (tertiary alicyclic amines) is 1. The molecule has 1 amide bonds. The van der Waals surface area contributed by atoms with Crippen LogP contribution in [0.2, 0.25) is 0 Å². The molecule has 1 aliphatic heterocycles. The molecule has 114 valence electrons. The molecule has 1 saturated carbocycles. The third-order valence-corrected chi connectivity index (χ3v) is 4.99. The van der Waals surface area contributed by atoms with Crippen LogP contribution in [0.3, 0.4) is 0 Å². The normalized spacial score (nSPS) is 21.1. The Hall–Kier alpha value is -1.55. The third kappa shape index (κ3) is 3.21. The smallest absolute Gasteiger partial charge is 0.410 e. The van der Waals surface area contributed by atoms with Crippen LogP contribution < -0.4 is 0 Å². The van der Waals surface area contributed by atoms with Crippen LogP contribution in [0.25, 0.3) is 0 Å². The number of benzene rings is 1. The van der Waals surface area contributed by atoms with Crippen molar-refractivity contribution in [1.29, 1.82) is 0 Å². The molecule has 0 atom stereocenters. The first kappa shape index (κ1) is 14.4. The van der Waals surface area contributed by atoms with Crippen molar-refractivity contribution in [2.24, 2.45) is 11.3 Å². The summed E-state index contributed by atoms with van der Waals surface area (Å²) in [7, 11) is 0. The molecule has 0 unspecified atom stereocenters. The quantitative estimate of drug-likeness (QED) is 0.931. The third-order valence-electron chi connectivity index (χ3n) is 4.99. The van der Waals surface area contributed by atoms with Gasteiger partial charge in [-0.2, -0.15) is 0 Å². The minimum atomic E-state index is -0.202. The number of carbonyl (C=O) groups excluding carboxylic acids is 1. The molecule has 3 rings (SSSR count). The number of aliphatic hydroxyl groups excluding tert-OH is 1. The highest BCUT2D eigenvalue weighted by atomic mass is 16.6. The Balaban J connectivity index is 1.43. The van der Waals surface area contributed by atoms with Crippen molar-refractivity contribution in [3.8, 4) is 0 Å². The van der Waals surface area contributed by atoms with Crippen LogP contribution in [0.5, 0.6) is 0 Å². The molecule has 4 nitrogen and oxygen atoms in total. The first-order valence-electron chi connectivity index (χ1n) is 7.77. The molecule has 4 heteroatoms. The Labute approximate surface area is 125 Å². The van der Waals surface area contributed by atoms with Crippen LogP contribution in [-0.4, -0.2) is 35.8 Å². The van der Waals surface area contributed by atoms with E-state index in [0.29, 0.717) is 24.5 Å². The standard InChI is InChI=1S/C17H23NO3/c19-12-15-10-17(11-15)6-8-18(9-7-17)16(20)21-13-14-4-2-1-3-5-14/h1-5,15,19H,6-13H2. The van der Waals surface area contributed by atoms with E-state index in [2.05, 4.69) is 0 Å². The van der Waals surface area contributed by atoms with Crippen LogP contribution >= 0.6 is 0 Å². The molecule has 0 aromatic heterocycles. The largest absolute Gasteiger partial charge is 0.445 e. The predicted octanol–water partition coefficient (Wildman–Crippen LogP) is 2.81. The van der Waals surface area contributed by atoms with E-state index in [0.717, 1.165) is 44.3 Å². The number of nitrogens with zero attached hydrogens (tertiary/aromatic N) is 1. The summed E-state index contributed by atoms with van der Waals surface area (Å²) < 4.78 is 5.38. The number of ether oxygens (including phenoxy) is 1. The number of aliphatic hydroxyl groups is 1. The molecule has 1 N–H and O–H groups in total. The minimum Gasteiger partial charge on any atom is -0.445 e. The van der Waals surface area contributed by atoms with Crippen molar-refractivity contribution >= 4 is 6.09 Å². The maximum atomic E-state index is 12.1. The van der Waals surface area contributed by atoms with Crippen LogP contribution in [-0.2, 0) is 11.3 Å². The zero-order chi connectivity index (χ0) is 14.7. The average molecular weight is 289 g/mol. The number of rotatable bonds is 3. The number of carbonyl (C=O) groups is 1. The van der Waals surface area contributed by atoms with Gasteiger partial charge in [0.05, 0.1) is 0 Å². The van der Waals surface area contributed by atoms with Gasteiger partial charge in [-0.05, 0) is 42.6 Å². The van der Waals surface area contributed by atoms with E-state index in [-0.39, 0.29) is 6.09 Å². The number of hydrogen-bond acceptors (Lipinski definition) is 3. The van der Waals surface area contributed by atoms with Crippen molar-refractivity contribution in [2.75, 3.05) is 19.7 Å². The van der Waals surface area contributed by atoms with Crippen molar-refractivity contribution in [3.05, 3.63) is 35.9 Å². The van der Waals surface area contributed by atoms with Crippen molar-refractivity contribution in [3.63, 3.8) is 0 Å². The zero-order valence-electron chi connectivity index (χ0n) is 12.3. The fourth-order valence-electron chi connectivity index (χ4n) is 3.68. The molecule has 2 fully saturated rings. The van der Waals surface area contributed by atoms with Gasteiger partial charge < -0.3 is 14.7 Å². The van der Waals surface area contributed by atoms with Crippen molar-refractivity contribution in [1.82, 2.24) is 4.90 Å². The lowest BCUT2D eigenvalue weighted by atomic mass is 9.58. The highest BCUT2D eigenvalue weighted by Gasteiger charge is 2.45. The SMILES string of the molecule is O=C(OCc1ccccc1)N1CCC2(CC1)CC(CO)C2. The Bertz CT molecular complexity index is 472. The van der Waals surface area contributed by atoms with E-state index in [4.69, 9.17) is 9.84 Å². The Morgan fingerprint density at radius 2 is 1.90 bits per heavy atom. The molecular formula is C17H23NO3. The zero-order valence-corrected chi connectivity index (χ0v) is 12.3. The van der Waals surface area contributed by atoms with Gasteiger partial charge in [-0.1, -0.05) is 30.3 Å². The summed E-state index contributed by atoms with van der Waals surface area (Å²) >= 11 is 0. The summed E-state index contributed by atoms with van der Waals surface area (Å²) in [4.78, 5) is 13.9. The van der Waals surface area contributed by atoms with Gasteiger partial charge in [0.1, 0.15) is 6.61 Å². The fourth-order valence-corrected chi connectivity index (χ4v) is 3.68. The second-order valence-electron chi connectivity index (χ2n) is 6.48. The Morgan fingerprint density at radius 1 is 1.24 bits per heavy atom. The fraction of sp³-hybridized carbons (Fsp3) is 0.588. The highest BCUT2D eigenvalue weighted by molar-refractivity contribution is 5.67. The molecule has 21 heavy (non-hydrogen) atoms.